The van der Waals surface area contributed by atoms with Crippen LogP contribution in [0.5, 0.6) is 17.2 Å². The molecular formula is C35H40N4O4. The number of likely N-dealkylation sites (tertiary alicyclic amines) is 1. The van der Waals surface area contributed by atoms with Crippen molar-refractivity contribution >= 4 is 23.0 Å². The summed E-state index contributed by atoms with van der Waals surface area (Å²) in [7, 11) is 5.45. The first-order chi connectivity index (χ1) is 20.9. The third kappa shape index (κ3) is 5.59. The van der Waals surface area contributed by atoms with E-state index in [1.54, 1.807) is 20.3 Å². The highest BCUT2D eigenvalue weighted by atomic mass is 16.5. The summed E-state index contributed by atoms with van der Waals surface area (Å²) < 4.78 is 17.5. The first-order valence-electron chi connectivity index (χ1n) is 15.0. The maximum Gasteiger partial charge on any atom is 0.238 e. The van der Waals surface area contributed by atoms with E-state index in [1.807, 2.05) is 59.5 Å². The monoisotopic (exact) mass is 580 g/mol. The highest BCUT2D eigenvalue weighted by Crippen LogP contribution is 2.57. The second kappa shape index (κ2) is 12.1. The average Bonchev–Trinajstić information content (AvgIpc) is 3.26. The van der Waals surface area contributed by atoms with Crippen LogP contribution in [-0.2, 0) is 16.8 Å². The van der Waals surface area contributed by atoms with Gasteiger partial charge in [-0.05, 0) is 105 Å². The molecule has 8 heteroatoms. The number of fused-ring (bicyclic) bond motifs is 2. The number of allylic oxidation sites excluding steroid dienone is 1. The molecule has 3 aliphatic rings. The molecule has 0 aromatic heterocycles. The van der Waals surface area contributed by atoms with Crippen LogP contribution in [0.1, 0.15) is 48.8 Å². The molecule has 0 radical (unpaired) electrons. The van der Waals surface area contributed by atoms with Gasteiger partial charge in [0.25, 0.3) is 0 Å². The molecule has 1 saturated carbocycles. The summed E-state index contributed by atoms with van der Waals surface area (Å²) in [6, 6.07) is 19.8. The molecule has 0 atom stereocenters. The van der Waals surface area contributed by atoms with Gasteiger partial charge in [-0.25, -0.2) is 4.99 Å². The highest BCUT2D eigenvalue weighted by Gasteiger charge is 2.55. The topological polar surface area (TPSA) is 89.6 Å². The number of amides is 1. The molecule has 1 aliphatic carbocycles. The molecule has 6 rings (SSSR count). The number of methoxy groups -OCH3 is 2. The molecule has 3 aromatic rings. The maximum absolute atomic E-state index is 14.0. The summed E-state index contributed by atoms with van der Waals surface area (Å²) in [6.07, 6.45) is 8.26. The van der Waals surface area contributed by atoms with Gasteiger partial charge in [-0.3, -0.25) is 4.79 Å². The quantitative estimate of drug-likeness (QED) is 0.325. The van der Waals surface area contributed by atoms with Gasteiger partial charge < -0.3 is 29.7 Å². The van der Waals surface area contributed by atoms with Crippen molar-refractivity contribution in [2.45, 2.75) is 50.2 Å². The number of carbonyl (C=O) groups is 1. The number of anilines is 1. The smallest absolute Gasteiger partial charge is 0.238 e. The number of hydrogen-bond acceptors (Lipinski definition) is 7. The van der Waals surface area contributed by atoms with Crippen LogP contribution in [0.3, 0.4) is 0 Å². The van der Waals surface area contributed by atoms with Gasteiger partial charge in [0.15, 0.2) is 0 Å². The minimum Gasteiger partial charge on any atom is -0.497 e. The molecular weight excluding hydrogens is 540 g/mol. The normalized spacial score (nSPS) is 18.6. The molecule has 0 unspecified atom stereocenters. The van der Waals surface area contributed by atoms with Crippen LogP contribution in [0.4, 0.5) is 11.4 Å². The lowest BCUT2D eigenvalue weighted by molar-refractivity contribution is -0.126. The Labute approximate surface area is 253 Å². The van der Waals surface area contributed by atoms with Gasteiger partial charge in [0.05, 0.1) is 43.3 Å². The third-order valence-electron chi connectivity index (χ3n) is 9.05. The van der Waals surface area contributed by atoms with Gasteiger partial charge in [-0.15, -0.1) is 0 Å². The molecule has 43 heavy (non-hydrogen) atoms. The van der Waals surface area contributed by atoms with Gasteiger partial charge in [0.2, 0.25) is 5.91 Å². The van der Waals surface area contributed by atoms with E-state index in [4.69, 9.17) is 24.9 Å². The number of rotatable bonds is 9. The van der Waals surface area contributed by atoms with Crippen molar-refractivity contribution in [1.82, 2.24) is 4.90 Å². The lowest BCUT2D eigenvalue weighted by Crippen LogP contribution is -2.44. The van der Waals surface area contributed by atoms with E-state index in [2.05, 4.69) is 18.0 Å². The molecule has 0 bridgehead atoms. The first-order valence-corrected chi connectivity index (χ1v) is 15.0. The van der Waals surface area contributed by atoms with E-state index in [0.29, 0.717) is 18.0 Å². The van der Waals surface area contributed by atoms with Crippen molar-refractivity contribution in [2.75, 3.05) is 39.3 Å². The van der Waals surface area contributed by atoms with E-state index in [1.165, 1.54) is 6.20 Å². The summed E-state index contributed by atoms with van der Waals surface area (Å²) in [5.74, 6) is 2.42. The average molecular weight is 581 g/mol. The number of nitrogens with zero attached hydrogens (tertiary/aromatic N) is 3. The molecule has 1 spiro atoms. The van der Waals surface area contributed by atoms with Gasteiger partial charge >= 0.3 is 0 Å². The Bertz CT molecular complexity index is 1520. The predicted molar refractivity (Wildman–Crippen MR) is 170 cm³/mol. The number of nitrogens with two attached hydrogens (primary N) is 1. The van der Waals surface area contributed by atoms with Crippen LogP contribution in [0.25, 0.3) is 0 Å². The van der Waals surface area contributed by atoms with Gasteiger partial charge in [-0.1, -0.05) is 18.6 Å². The molecule has 224 valence electrons. The van der Waals surface area contributed by atoms with E-state index >= 15 is 0 Å². The number of piperidine rings is 1. The van der Waals surface area contributed by atoms with Gasteiger partial charge in [-0.2, -0.15) is 0 Å². The summed E-state index contributed by atoms with van der Waals surface area (Å²) >= 11 is 0. The van der Waals surface area contributed by atoms with E-state index in [-0.39, 0.29) is 12.0 Å². The van der Waals surface area contributed by atoms with Crippen molar-refractivity contribution in [1.29, 1.82) is 0 Å². The summed E-state index contributed by atoms with van der Waals surface area (Å²) in [5, 5.41) is 0. The molecule has 8 nitrogen and oxygen atoms in total. The lowest BCUT2D eigenvalue weighted by atomic mass is 9.65. The second-order valence-electron chi connectivity index (χ2n) is 11.7. The fraction of sp³-hybridized carbons (Fsp3) is 0.371. The highest BCUT2D eigenvalue weighted by molar-refractivity contribution is 6.14. The Kier molecular flexibility index (Phi) is 8.13. The fourth-order valence-corrected chi connectivity index (χ4v) is 6.43. The zero-order valence-corrected chi connectivity index (χ0v) is 25.2. The van der Waals surface area contributed by atoms with Crippen molar-refractivity contribution in [3.05, 3.63) is 89.6 Å². The van der Waals surface area contributed by atoms with Crippen LogP contribution in [0.2, 0.25) is 0 Å². The van der Waals surface area contributed by atoms with E-state index in [0.717, 1.165) is 84.8 Å². The Balaban J connectivity index is 1.31. The molecule has 1 saturated heterocycles. The zero-order valence-electron chi connectivity index (χ0n) is 25.2. The molecule has 2 N–H and O–H groups in total. The molecule has 3 aromatic carbocycles. The number of ether oxygens (including phenoxy) is 3. The molecule has 1 amide bonds. The number of carbonyl (C=O) groups excluding carboxylic acids is 1. The zero-order chi connectivity index (χ0) is 30.0. The Morgan fingerprint density at radius 3 is 2.30 bits per heavy atom. The molecule has 2 aliphatic heterocycles. The largest absolute Gasteiger partial charge is 0.497 e. The third-order valence-corrected chi connectivity index (χ3v) is 9.05. The van der Waals surface area contributed by atoms with E-state index < -0.39 is 5.41 Å². The number of benzene rings is 3. The fourth-order valence-electron chi connectivity index (χ4n) is 6.43. The second-order valence-corrected chi connectivity index (χ2v) is 11.7. The number of hydrogen-bond donors (Lipinski definition) is 1. The van der Waals surface area contributed by atoms with Crippen molar-refractivity contribution in [3.63, 3.8) is 0 Å². The van der Waals surface area contributed by atoms with Crippen molar-refractivity contribution < 1.29 is 19.0 Å². The minimum absolute atomic E-state index is 0.132. The summed E-state index contributed by atoms with van der Waals surface area (Å²) in [4.78, 5) is 23.2. The van der Waals surface area contributed by atoms with Crippen LogP contribution < -0.4 is 24.8 Å². The van der Waals surface area contributed by atoms with Crippen LogP contribution in [0.15, 0.2) is 77.9 Å². The minimum atomic E-state index is -0.532. The van der Waals surface area contributed by atoms with E-state index in [9.17, 15) is 4.79 Å². The Hall–Kier alpha value is -4.30. The summed E-state index contributed by atoms with van der Waals surface area (Å²) in [6.45, 7) is 2.57. The van der Waals surface area contributed by atoms with Crippen molar-refractivity contribution in [3.8, 4) is 17.2 Å². The van der Waals surface area contributed by atoms with Crippen LogP contribution >= 0.6 is 0 Å². The van der Waals surface area contributed by atoms with Gasteiger partial charge in [0, 0.05) is 18.7 Å². The first kappa shape index (κ1) is 28.8. The predicted octanol–water partition coefficient (Wildman–Crippen LogP) is 5.74. The summed E-state index contributed by atoms with van der Waals surface area (Å²) in [5.41, 5.74) is 10.6. The Morgan fingerprint density at radius 1 is 1.00 bits per heavy atom. The lowest BCUT2D eigenvalue weighted by Gasteiger charge is -2.37. The van der Waals surface area contributed by atoms with Crippen LogP contribution in [-0.4, -0.2) is 57.0 Å². The standard InChI is InChI=1S/C35H40N4O4/c1-38-19-14-29(15-20-38)43-28-11-7-26(8-12-28)37-31(13-18-36)25-21-30-33(32(22-25)42-3)39(34(40)35(30)16-4-17-35)23-24-5-9-27(41-2)10-6-24/h5-13,18,21-22,29H,4,14-17,19-20,23,36H2,1-3H3. The van der Waals surface area contributed by atoms with Gasteiger partial charge in [0.1, 0.15) is 23.4 Å². The molecule has 2 heterocycles. The Morgan fingerprint density at radius 2 is 1.70 bits per heavy atom. The van der Waals surface area contributed by atoms with Crippen LogP contribution in [0, 0.1) is 0 Å². The molecule has 2 fully saturated rings. The van der Waals surface area contributed by atoms with Crippen molar-refractivity contribution in [2.24, 2.45) is 10.7 Å². The maximum atomic E-state index is 14.0. The SMILES string of the molecule is COc1ccc(CN2C(=O)C3(CCC3)c3cc(C(C=CN)=Nc4ccc(OC5CCN(C)CC5)cc4)cc(OC)c32)cc1. The number of aliphatic imine (C=N–C) groups is 1.